The maximum Gasteiger partial charge on any atom is 0.271 e. The number of hydrogen-bond acceptors (Lipinski definition) is 5. The lowest BCUT2D eigenvalue weighted by molar-refractivity contribution is 0.0953. The first-order chi connectivity index (χ1) is 15.4. The summed E-state index contributed by atoms with van der Waals surface area (Å²) in [5.74, 6) is -0.388. The first-order valence-electron chi connectivity index (χ1n) is 9.64. The van der Waals surface area contributed by atoms with E-state index in [4.69, 9.17) is 9.47 Å². The van der Waals surface area contributed by atoms with E-state index in [1.807, 2.05) is 0 Å². The molecule has 8 heteroatoms. The van der Waals surface area contributed by atoms with Gasteiger partial charge in [-0.05, 0) is 55.0 Å². The summed E-state index contributed by atoms with van der Waals surface area (Å²) >= 11 is 0. The molecule has 0 heterocycles. The molecule has 0 aliphatic carbocycles. The SMILES string of the molecule is COc1cc(OC)cc(C(=O)N/N=C(\C)c2cccc(NC(=O)c3cccc(F)c3)c2)c1. The van der Waals surface area contributed by atoms with Crippen molar-refractivity contribution in [2.45, 2.75) is 6.92 Å². The molecule has 0 fully saturated rings. The van der Waals surface area contributed by atoms with E-state index in [9.17, 15) is 14.0 Å². The topological polar surface area (TPSA) is 89.0 Å². The van der Waals surface area contributed by atoms with Crippen LogP contribution in [0.4, 0.5) is 10.1 Å². The molecule has 2 amide bonds. The summed E-state index contributed by atoms with van der Waals surface area (Å²) in [4.78, 5) is 24.8. The molecule has 3 aromatic carbocycles. The lowest BCUT2D eigenvalue weighted by atomic mass is 10.1. The fourth-order valence-corrected chi connectivity index (χ4v) is 2.86. The Morgan fingerprint density at radius 1 is 0.812 bits per heavy atom. The van der Waals surface area contributed by atoms with E-state index >= 15 is 0 Å². The van der Waals surface area contributed by atoms with Crippen LogP contribution in [0.1, 0.15) is 33.2 Å². The molecule has 0 bridgehead atoms. The Morgan fingerprint density at radius 2 is 1.47 bits per heavy atom. The minimum Gasteiger partial charge on any atom is -0.497 e. The second kappa shape index (κ2) is 10.2. The van der Waals surface area contributed by atoms with Crippen molar-refractivity contribution in [2.75, 3.05) is 19.5 Å². The Hall–Kier alpha value is -4.20. The van der Waals surface area contributed by atoms with Gasteiger partial charge in [0.2, 0.25) is 0 Å². The van der Waals surface area contributed by atoms with Crippen LogP contribution in [0.25, 0.3) is 0 Å². The second-order valence-electron chi connectivity index (χ2n) is 6.78. The smallest absolute Gasteiger partial charge is 0.271 e. The van der Waals surface area contributed by atoms with Crippen molar-refractivity contribution >= 4 is 23.2 Å². The zero-order valence-electron chi connectivity index (χ0n) is 17.8. The van der Waals surface area contributed by atoms with E-state index in [1.165, 1.54) is 32.4 Å². The van der Waals surface area contributed by atoms with Crippen molar-refractivity contribution < 1.29 is 23.5 Å². The molecule has 2 N–H and O–H groups in total. The van der Waals surface area contributed by atoms with E-state index in [1.54, 1.807) is 49.4 Å². The number of carbonyl (C=O) groups excluding carboxylic acids is 2. The quantitative estimate of drug-likeness (QED) is 0.429. The number of rotatable bonds is 7. The Morgan fingerprint density at radius 3 is 2.12 bits per heavy atom. The zero-order valence-corrected chi connectivity index (χ0v) is 17.8. The van der Waals surface area contributed by atoms with E-state index < -0.39 is 17.6 Å². The van der Waals surface area contributed by atoms with Crippen molar-refractivity contribution in [3.8, 4) is 11.5 Å². The standard InChI is InChI=1S/C24H22FN3O4/c1-15(27-28-24(30)18-12-21(31-2)14-22(13-18)32-3)16-6-5-9-20(11-16)26-23(29)17-7-4-8-19(25)10-17/h4-14H,1-3H3,(H,26,29)(H,28,30)/b27-15+. The molecule has 3 aromatic rings. The monoisotopic (exact) mass is 435 g/mol. The predicted molar refractivity (Wildman–Crippen MR) is 120 cm³/mol. The molecule has 0 saturated heterocycles. The van der Waals surface area contributed by atoms with Gasteiger partial charge in [-0.25, -0.2) is 9.82 Å². The molecule has 0 unspecified atom stereocenters. The summed E-state index contributed by atoms with van der Waals surface area (Å²) in [6.45, 7) is 1.72. The van der Waals surface area contributed by atoms with Crippen molar-refractivity contribution in [2.24, 2.45) is 5.10 Å². The van der Waals surface area contributed by atoms with E-state index in [-0.39, 0.29) is 5.56 Å². The number of nitrogens with zero attached hydrogens (tertiary/aromatic N) is 1. The van der Waals surface area contributed by atoms with Gasteiger partial charge in [-0.2, -0.15) is 5.10 Å². The highest BCUT2D eigenvalue weighted by molar-refractivity contribution is 6.06. The zero-order chi connectivity index (χ0) is 23.1. The number of halogens is 1. The summed E-state index contributed by atoms with van der Waals surface area (Å²) in [6.07, 6.45) is 0. The summed E-state index contributed by atoms with van der Waals surface area (Å²) in [5.41, 5.74) is 4.76. The molecule has 0 aliphatic heterocycles. The third kappa shape index (κ3) is 5.69. The lowest BCUT2D eigenvalue weighted by Gasteiger charge is -2.09. The average molecular weight is 435 g/mol. The molecule has 0 atom stereocenters. The highest BCUT2D eigenvalue weighted by Crippen LogP contribution is 2.22. The van der Waals surface area contributed by atoms with Gasteiger partial charge in [-0.3, -0.25) is 9.59 Å². The summed E-state index contributed by atoms with van der Waals surface area (Å²) in [5, 5.41) is 6.87. The summed E-state index contributed by atoms with van der Waals surface area (Å²) in [7, 11) is 3.00. The van der Waals surface area contributed by atoms with Crippen LogP contribution in [0.5, 0.6) is 11.5 Å². The average Bonchev–Trinajstić information content (AvgIpc) is 2.82. The lowest BCUT2D eigenvalue weighted by Crippen LogP contribution is -2.19. The number of hydrogen-bond donors (Lipinski definition) is 2. The Bertz CT molecular complexity index is 1160. The second-order valence-corrected chi connectivity index (χ2v) is 6.78. The highest BCUT2D eigenvalue weighted by Gasteiger charge is 2.11. The summed E-state index contributed by atoms with van der Waals surface area (Å²) < 4.78 is 23.7. The minimum atomic E-state index is -0.487. The van der Waals surface area contributed by atoms with Gasteiger partial charge in [-0.1, -0.05) is 18.2 Å². The van der Waals surface area contributed by atoms with E-state index in [0.29, 0.717) is 34.0 Å². The molecule has 0 saturated carbocycles. The van der Waals surface area contributed by atoms with Gasteiger partial charge < -0.3 is 14.8 Å². The van der Waals surface area contributed by atoms with Crippen LogP contribution in [-0.2, 0) is 0 Å². The predicted octanol–water partition coefficient (Wildman–Crippen LogP) is 4.25. The molecule has 3 rings (SSSR count). The molecule has 164 valence electrons. The van der Waals surface area contributed by atoms with Crippen LogP contribution >= 0.6 is 0 Å². The van der Waals surface area contributed by atoms with Crippen molar-refractivity contribution in [3.63, 3.8) is 0 Å². The molecule has 7 nitrogen and oxygen atoms in total. The van der Waals surface area contributed by atoms with Crippen LogP contribution in [0.2, 0.25) is 0 Å². The van der Waals surface area contributed by atoms with Crippen LogP contribution in [-0.4, -0.2) is 31.7 Å². The molecule has 0 spiro atoms. The number of carbonyl (C=O) groups is 2. The van der Waals surface area contributed by atoms with Gasteiger partial charge in [0.25, 0.3) is 11.8 Å². The molecular formula is C24H22FN3O4. The van der Waals surface area contributed by atoms with Crippen LogP contribution in [0, 0.1) is 5.82 Å². The van der Waals surface area contributed by atoms with E-state index in [0.717, 1.165) is 6.07 Å². The Labute approximate surface area is 184 Å². The minimum absolute atomic E-state index is 0.210. The maximum atomic E-state index is 13.3. The van der Waals surface area contributed by atoms with Gasteiger partial charge in [0.1, 0.15) is 17.3 Å². The summed E-state index contributed by atoms with van der Waals surface area (Å²) in [6, 6.07) is 17.2. The van der Waals surface area contributed by atoms with Gasteiger partial charge in [0.05, 0.1) is 19.9 Å². The Balaban J connectivity index is 1.72. The molecular weight excluding hydrogens is 413 g/mol. The van der Waals surface area contributed by atoms with Gasteiger partial charge in [0, 0.05) is 22.9 Å². The number of benzene rings is 3. The normalized spacial score (nSPS) is 10.9. The third-order valence-corrected chi connectivity index (χ3v) is 4.56. The largest absolute Gasteiger partial charge is 0.497 e. The van der Waals surface area contributed by atoms with Crippen molar-refractivity contribution in [3.05, 3.63) is 89.2 Å². The van der Waals surface area contributed by atoms with Crippen molar-refractivity contribution in [1.82, 2.24) is 5.43 Å². The highest BCUT2D eigenvalue weighted by atomic mass is 19.1. The van der Waals surface area contributed by atoms with Gasteiger partial charge >= 0.3 is 0 Å². The van der Waals surface area contributed by atoms with Crippen LogP contribution in [0.15, 0.2) is 71.8 Å². The number of hydrazone groups is 1. The number of methoxy groups -OCH3 is 2. The maximum absolute atomic E-state index is 13.3. The van der Waals surface area contributed by atoms with Gasteiger partial charge in [0.15, 0.2) is 0 Å². The van der Waals surface area contributed by atoms with Gasteiger partial charge in [-0.15, -0.1) is 0 Å². The van der Waals surface area contributed by atoms with Crippen LogP contribution < -0.4 is 20.2 Å². The first-order valence-corrected chi connectivity index (χ1v) is 9.64. The number of nitrogens with one attached hydrogen (secondary N) is 2. The number of anilines is 1. The molecule has 32 heavy (non-hydrogen) atoms. The number of amides is 2. The molecule has 0 aromatic heterocycles. The number of ether oxygens (including phenoxy) is 2. The Kier molecular flexibility index (Phi) is 7.17. The first kappa shape index (κ1) is 22.5. The third-order valence-electron chi connectivity index (χ3n) is 4.56. The van der Waals surface area contributed by atoms with E-state index in [2.05, 4.69) is 15.8 Å². The van der Waals surface area contributed by atoms with Crippen molar-refractivity contribution in [1.29, 1.82) is 0 Å². The fraction of sp³-hybridized carbons (Fsp3) is 0.125. The van der Waals surface area contributed by atoms with Crippen LogP contribution in [0.3, 0.4) is 0 Å². The fourth-order valence-electron chi connectivity index (χ4n) is 2.86. The molecule has 0 aliphatic rings. The molecule has 0 radical (unpaired) electrons.